The molecule has 12 heavy (non-hydrogen) atoms. The van der Waals surface area contributed by atoms with Crippen molar-refractivity contribution in [1.82, 2.24) is 14.8 Å². The molecule has 0 unspecified atom stereocenters. The summed E-state index contributed by atoms with van der Waals surface area (Å²) in [7, 11) is 0. The fourth-order valence-electron chi connectivity index (χ4n) is 0.987. The molecule has 2 N–H and O–H groups in total. The lowest BCUT2D eigenvalue weighted by atomic mass is 10.3. The number of hydrogen-bond acceptors (Lipinski definition) is 3. The number of nitrogens with two attached hydrogens (primary N) is 1. The van der Waals surface area contributed by atoms with Crippen molar-refractivity contribution in [3.63, 3.8) is 0 Å². The SMILES string of the molecule is C=C(CN)Cn1nc(C)nc1C. The van der Waals surface area contributed by atoms with Crippen LogP contribution in [0, 0.1) is 13.8 Å². The van der Waals surface area contributed by atoms with Crippen molar-refractivity contribution in [3.8, 4) is 0 Å². The largest absolute Gasteiger partial charge is 0.327 e. The lowest BCUT2D eigenvalue weighted by Crippen LogP contribution is -2.11. The molecule has 0 aliphatic rings. The van der Waals surface area contributed by atoms with E-state index < -0.39 is 0 Å². The van der Waals surface area contributed by atoms with Gasteiger partial charge in [0, 0.05) is 6.54 Å². The Bertz CT molecular complexity index is 287. The van der Waals surface area contributed by atoms with Gasteiger partial charge in [-0.3, -0.25) is 0 Å². The second-order valence-corrected chi connectivity index (χ2v) is 2.82. The highest BCUT2D eigenvalue weighted by Crippen LogP contribution is 1.99. The molecule has 1 aromatic rings. The Kier molecular flexibility index (Phi) is 2.60. The first kappa shape index (κ1) is 8.93. The summed E-state index contributed by atoms with van der Waals surface area (Å²) < 4.78 is 1.81. The number of hydrogen-bond donors (Lipinski definition) is 1. The predicted octanol–water partition coefficient (Wildman–Crippen LogP) is 0.410. The van der Waals surface area contributed by atoms with Gasteiger partial charge in [-0.25, -0.2) is 9.67 Å². The number of aromatic nitrogens is 3. The van der Waals surface area contributed by atoms with Gasteiger partial charge < -0.3 is 5.73 Å². The molecular formula is C8H14N4. The maximum atomic E-state index is 5.42. The van der Waals surface area contributed by atoms with Crippen molar-refractivity contribution in [3.05, 3.63) is 23.8 Å². The van der Waals surface area contributed by atoms with E-state index in [1.807, 2.05) is 18.5 Å². The van der Waals surface area contributed by atoms with Gasteiger partial charge in [-0.2, -0.15) is 5.10 Å². The summed E-state index contributed by atoms with van der Waals surface area (Å²) in [5.41, 5.74) is 6.38. The molecule has 4 heteroatoms. The Labute approximate surface area is 72.1 Å². The van der Waals surface area contributed by atoms with Gasteiger partial charge in [0.15, 0.2) is 0 Å². The second-order valence-electron chi connectivity index (χ2n) is 2.82. The quantitative estimate of drug-likeness (QED) is 0.662. The third-order valence-corrected chi connectivity index (χ3v) is 1.62. The minimum absolute atomic E-state index is 0.498. The summed E-state index contributed by atoms with van der Waals surface area (Å²) in [6.07, 6.45) is 0. The average Bonchev–Trinajstić information content (AvgIpc) is 2.30. The van der Waals surface area contributed by atoms with Gasteiger partial charge in [-0.1, -0.05) is 6.58 Å². The van der Waals surface area contributed by atoms with Gasteiger partial charge in [0.1, 0.15) is 11.6 Å². The van der Waals surface area contributed by atoms with Crippen molar-refractivity contribution in [1.29, 1.82) is 0 Å². The normalized spacial score (nSPS) is 10.2. The molecule has 0 atom stereocenters. The van der Waals surface area contributed by atoms with Crippen LogP contribution in [0.15, 0.2) is 12.2 Å². The van der Waals surface area contributed by atoms with E-state index in [0.717, 1.165) is 17.2 Å². The van der Waals surface area contributed by atoms with Crippen molar-refractivity contribution in [2.24, 2.45) is 5.73 Å². The fraction of sp³-hybridized carbons (Fsp3) is 0.500. The smallest absolute Gasteiger partial charge is 0.147 e. The molecular weight excluding hydrogens is 152 g/mol. The molecule has 1 heterocycles. The van der Waals surface area contributed by atoms with Gasteiger partial charge in [-0.15, -0.1) is 0 Å². The minimum Gasteiger partial charge on any atom is -0.327 e. The van der Waals surface area contributed by atoms with Crippen LogP contribution < -0.4 is 5.73 Å². The zero-order chi connectivity index (χ0) is 9.14. The first-order valence-electron chi connectivity index (χ1n) is 3.88. The van der Waals surface area contributed by atoms with Crippen molar-refractivity contribution in [2.45, 2.75) is 20.4 Å². The summed E-state index contributed by atoms with van der Waals surface area (Å²) in [6, 6.07) is 0. The highest BCUT2D eigenvalue weighted by molar-refractivity contribution is 4.98. The van der Waals surface area contributed by atoms with Gasteiger partial charge in [0.05, 0.1) is 6.54 Å². The van der Waals surface area contributed by atoms with Crippen LogP contribution in [-0.4, -0.2) is 21.3 Å². The van der Waals surface area contributed by atoms with E-state index in [9.17, 15) is 0 Å². The Morgan fingerprint density at radius 3 is 2.67 bits per heavy atom. The summed E-state index contributed by atoms with van der Waals surface area (Å²) in [5.74, 6) is 1.69. The molecule has 0 aliphatic heterocycles. The molecule has 0 aromatic carbocycles. The second kappa shape index (κ2) is 3.49. The van der Waals surface area contributed by atoms with Crippen molar-refractivity contribution >= 4 is 0 Å². The third-order valence-electron chi connectivity index (χ3n) is 1.62. The molecule has 1 aromatic heterocycles. The van der Waals surface area contributed by atoms with Crippen LogP contribution in [0.5, 0.6) is 0 Å². The zero-order valence-corrected chi connectivity index (χ0v) is 7.54. The molecule has 0 spiro atoms. The molecule has 0 saturated heterocycles. The van der Waals surface area contributed by atoms with Crippen molar-refractivity contribution in [2.75, 3.05) is 6.54 Å². The van der Waals surface area contributed by atoms with Crippen LogP contribution in [0.2, 0.25) is 0 Å². The highest BCUT2D eigenvalue weighted by atomic mass is 15.3. The van der Waals surface area contributed by atoms with Gasteiger partial charge in [0.2, 0.25) is 0 Å². The summed E-state index contributed by atoms with van der Waals surface area (Å²) in [5, 5.41) is 4.19. The number of aryl methyl sites for hydroxylation is 2. The lowest BCUT2D eigenvalue weighted by Gasteiger charge is -2.03. The summed E-state index contributed by atoms with van der Waals surface area (Å²) >= 11 is 0. The predicted molar refractivity (Wildman–Crippen MR) is 47.7 cm³/mol. The van der Waals surface area contributed by atoms with Gasteiger partial charge in [-0.05, 0) is 19.4 Å². The molecule has 0 fully saturated rings. The van der Waals surface area contributed by atoms with E-state index in [4.69, 9.17) is 5.73 Å². The standard InChI is InChI=1S/C8H14N4/c1-6(4-9)5-12-8(3)10-7(2)11-12/h1,4-5,9H2,2-3H3. The Morgan fingerprint density at radius 1 is 1.58 bits per heavy atom. The summed E-state index contributed by atoms with van der Waals surface area (Å²) in [4.78, 5) is 4.17. The maximum absolute atomic E-state index is 5.42. The van der Waals surface area contributed by atoms with Crippen LogP contribution in [-0.2, 0) is 6.54 Å². The van der Waals surface area contributed by atoms with Gasteiger partial charge >= 0.3 is 0 Å². The minimum atomic E-state index is 0.498. The maximum Gasteiger partial charge on any atom is 0.147 e. The molecule has 0 radical (unpaired) electrons. The first-order chi connectivity index (χ1) is 5.63. The van der Waals surface area contributed by atoms with E-state index in [2.05, 4.69) is 16.7 Å². The van der Waals surface area contributed by atoms with E-state index >= 15 is 0 Å². The monoisotopic (exact) mass is 166 g/mol. The zero-order valence-electron chi connectivity index (χ0n) is 7.54. The molecule has 1 rings (SSSR count). The molecule has 0 aliphatic carbocycles. The molecule has 4 nitrogen and oxygen atoms in total. The van der Waals surface area contributed by atoms with Gasteiger partial charge in [0.25, 0.3) is 0 Å². The molecule has 0 bridgehead atoms. The highest BCUT2D eigenvalue weighted by Gasteiger charge is 2.02. The Balaban J connectivity index is 2.75. The van der Waals surface area contributed by atoms with Crippen LogP contribution in [0.3, 0.4) is 0 Å². The molecule has 0 saturated carbocycles. The fourth-order valence-corrected chi connectivity index (χ4v) is 0.987. The van der Waals surface area contributed by atoms with E-state index in [-0.39, 0.29) is 0 Å². The van der Waals surface area contributed by atoms with E-state index in [0.29, 0.717) is 13.1 Å². The molecule has 0 amide bonds. The Morgan fingerprint density at radius 2 is 2.25 bits per heavy atom. The average molecular weight is 166 g/mol. The lowest BCUT2D eigenvalue weighted by molar-refractivity contribution is 0.642. The summed E-state index contributed by atoms with van der Waals surface area (Å²) in [6.45, 7) is 8.76. The number of nitrogens with zero attached hydrogens (tertiary/aromatic N) is 3. The number of rotatable bonds is 3. The van der Waals surface area contributed by atoms with Crippen LogP contribution >= 0.6 is 0 Å². The van der Waals surface area contributed by atoms with Crippen LogP contribution in [0.25, 0.3) is 0 Å². The topological polar surface area (TPSA) is 56.7 Å². The first-order valence-corrected chi connectivity index (χ1v) is 3.88. The third kappa shape index (κ3) is 1.92. The van der Waals surface area contributed by atoms with E-state index in [1.54, 1.807) is 0 Å². The van der Waals surface area contributed by atoms with Crippen LogP contribution in [0.4, 0.5) is 0 Å². The van der Waals surface area contributed by atoms with E-state index in [1.165, 1.54) is 0 Å². The Hall–Kier alpha value is -1.16. The van der Waals surface area contributed by atoms with Crippen molar-refractivity contribution < 1.29 is 0 Å². The van der Waals surface area contributed by atoms with Crippen LogP contribution in [0.1, 0.15) is 11.6 Å². The molecule has 66 valence electrons.